The molecule has 158 valence electrons. The van der Waals surface area contributed by atoms with Gasteiger partial charge in [-0.05, 0) is 57.0 Å². The molecule has 4 rings (SSSR count). The molecule has 7 nitrogen and oxygen atoms in total. The Morgan fingerprint density at radius 1 is 1.31 bits per heavy atom. The zero-order chi connectivity index (χ0) is 20.2. The number of aromatic amines is 1. The number of H-pyrrole nitrogens is 1. The Balaban J connectivity index is 1.47. The molecule has 2 aliphatic rings. The van der Waals surface area contributed by atoms with Crippen LogP contribution in [0.25, 0.3) is 10.9 Å². The van der Waals surface area contributed by atoms with Crippen LogP contribution in [0.5, 0.6) is 0 Å². The predicted molar refractivity (Wildman–Crippen MR) is 122 cm³/mol. The summed E-state index contributed by atoms with van der Waals surface area (Å²) in [5.74, 6) is 1.47. The second-order valence-corrected chi connectivity index (χ2v) is 10.5. The first kappa shape index (κ1) is 20.8. The van der Waals surface area contributed by atoms with Crippen LogP contribution < -0.4 is 16.2 Å². The second kappa shape index (κ2) is 9.59. The molecule has 0 aliphatic carbocycles. The molecule has 2 fully saturated rings. The minimum absolute atomic E-state index is 0.0762. The molecule has 1 aromatic heterocycles. The van der Waals surface area contributed by atoms with Crippen LogP contribution in [0.3, 0.4) is 0 Å². The Hall–Kier alpha value is -1.42. The molecule has 1 aromatic carbocycles. The minimum Gasteiger partial charge on any atom is -0.381 e. The Labute approximate surface area is 178 Å². The van der Waals surface area contributed by atoms with Crippen molar-refractivity contribution in [3.63, 3.8) is 0 Å². The molecular weight excluding hydrogens is 406 g/mol. The number of piperidine rings is 2. The quantitative estimate of drug-likeness (QED) is 0.644. The number of fused-ring (bicyclic) bond motifs is 1. The Kier molecular flexibility index (Phi) is 6.89. The fraction of sp³-hybridized carbons (Fsp3) is 0.600. The molecule has 0 radical (unpaired) electrons. The molecule has 2 aromatic rings. The first-order chi connectivity index (χ1) is 14.1. The van der Waals surface area contributed by atoms with E-state index >= 15 is 0 Å². The van der Waals surface area contributed by atoms with Gasteiger partial charge in [-0.25, -0.2) is 13.5 Å². The van der Waals surface area contributed by atoms with Gasteiger partial charge in [-0.2, -0.15) is 11.8 Å². The number of benzene rings is 1. The summed E-state index contributed by atoms with van der Waals surface area (Å²) in [5.41, 5.74) is 1.61. The van der Waals surface area contributed by atoms with E-state index in [0.29, 0.717) is 10.6 Å². The lowest BCUT2D eigenvalue weighted by atomic mass is 10.1. The predicted octanol–water partition coefficient (Wildman–Crippen LogP) is 2.08. The van der Waals surface area contributed by atoms with Crippen molar-refractivity contribution in [2.45, 2.75) is 42.7 Å². The number of hydrogen-bond acceptors (Lipinski definition) is 6. The van der Waals surface area contributed by atoms with Gasteiger partial charge in [-0.3, -0.25) is 4.79 Å². The summed E-state index contributed by atoms with van der Waals surface area (Å²) in [4.78, 5) is 20.2. The van der Waals surface area contributed by atoms with Crippen LogP contribution in [-0.2, 0) is 16.7 Å². The van der Waals surface area contributed by atoms with Crippen molar-refractivity contribution in [2.75, 3.05) is 37.8 Å². The lowest BCUT2D eigenvalue weighted by molar-refractivity contribution is 0.344. The molecule has 2 saturated heterocycles. The molecule has 2 aliphatic heterocycles. The smallest absolute Gasteiger partial charge is 0.258 e. The first-order valence-corrected chi connectivity index (χ1v) is 12.8. The van der Waals surface area contributed by atoms with Crippen LogP contribution in [0, 0.1) is 0 Å². The summed E-state index contributed by atoms with van der Waals surface area (Å²) in [5, 5.41) is 8.17. The molecule has 0 bridgehead atoms. The monoisotopic (exact) mass is 435 g/mol. The van der Waals surface area contributed by atoms with Crippen molar-refractivity contribution in [3.8, 4) is 0 Å². The fourth-order valence-corrected chi connectivity index (χ4v) is 5.91. The maximum Gasteiger partial charge on any atom is 0.258 e. The fourth-order valence-electron chi connectivity index (χ4n) is 4.03. The van der Waals surface area contributed by atoms with Crippen molar-refractivity contribution in [2.24, 2.45) is 0 Å². The maximum absolute atomic E-state index is 12.5. The second-order valence-electron chi connectivity index (χ2n) is 7.80. The topological polar surface area (TPSA) is 90.1 Å². The highest BCUT2D eigenvalue weighted by Crippen LogP contribution is 2.24. The SMILES string of the molecule is CS(=O)N1CCCC(Nc2ccc3c(=O)[nH]c(CSC4CCNCC4)nc3c2)C1. The molecule has 0 amide bonds. The van der Waals surface area contributed by atoms with E-state index in [2.05, 4.69) is 15.6 Å². The van der Waals surface area contributed by atoms with E-state index in [9.17, 15) is 9.00 Å². The van der Waals surface area contributed by atoms with Crippen molar-refractivity contribution in [1.29, 1.82) is 0 Å². The van der Waals surface area contributed by atoms with Crippen LogP contribution >= 0.6 is 11.8 Å². The number of thioether (sulfide) groups is 1. The number of anilines is 1. The summed E-state index contributed by atoms with van der Waals surface area (Å²) < 4.78 is 13.8. The summed E-state index contributed by atoms with van der Waals surface area (Å²) >= 11 is 1.88. The summed E-state index contributed by atoms with van der Waals surface area (Å²) in [6.07, 6.45) is 6.14. The average molecular weight is 436 g/mol. The Morgan fingerprint density at radius 2 is 2.14 bits per heavy atom. The summed E-state index contributed by atoms with van der Waals surface area (Å²) in [7, 11) is -0.935. The molecule has 0 saturated carbocycles. The number of nitrogens with zero attached hydrogens (tertiary/aromatic N) is 2. The Bertz CT molecular complexity index is 929. The van der Waals surface area contributed by atoms with Gasteiger partial charge in [0, 0.05) is 36.3 Å². The number of aromatic nitrogens is 2. The van der Waals surface area contributed by atoms with Gasteiger partial charge in [0.25, 0.3) is 5.56 Å². The van der Waals surface area contributed by atoms with Crippen molar-refractivity contribution < 1.29 is 4.21 Å². The summed E-state index contributed by atoms with van der Waals surface area (Å²) in [6.45, 7) is 3.78. The zero-order valence-corrected chi connectivity index (χ0v) is 18.4. The zero-order valence-electron chi connectivity index (χ0n) is 16.8. The highest BCUT2D eigenvalue weighted by molar-refractivity contribution is 7.99. The van der Waals surface area contributed by atoms with E-state index in [4.69, 9.17) is 4.98 Å². The first-order valence-electron chi connectivity index (χ1n) is 10.3. The molecule has 9 heteroatoms. The number of rotatable bonds is 6. The van der Waals surface area contributed by atoms with Crippen molar-refractivity contribution >= 4 is 39.3 Å². The minimum atomic E-state index is -0.935. The normalized spacial score (nSPS) is 22.6. The maximum atomic E-state index is 12.5. The van der Waals surface area contributed by atoms with E-state index in [1.54, 1.807) is 6.26 Å². The van der Waals surface area contributed by atoms with Crippen molar-refractivity contribution in [3.05, 3.63) is 34.4 Å². The molecule has 2 atom stereocenters. The standard InChI is InChI=1S/C20H29N5O2S2/c1-29(27)25-10-2-3-15(12-25)22-14-4-5-17-18(11-14)23-19(24-20(17)26)13-28-16-6-8-21-9-7-16/h4-5,11,15-16,21-22H,2-3,6-10,12-13H2,1H3,(H,23,24,26). The highest BCUT2D eigenvalue weighted by Gasteiger charge is 2.22. The molecule has 3 heterocycles. The van der Waals surface area contributed by atoms with E-state index in [1.165, 1.54) is 0 Å². The molecule has 2 unspecified atom stereocenters. The van der Waals surface area contributed by atoms with E-state index in [-0.39, 0.29) is 11.6 Å². The van der Waals surface area contributed by atoms with E-state index in [0.717, 1.165) is 74.6 Å². The van der Waals surface area contributed by atoms with Gasteiger partial charge >= 0.3 is 0 Å². The van der Waals surface area contributed by atoms with Crippen LogP contribution in [0.15, 0.2) is 23.0 Å². The lowest BCUT2D eigenvalue weighted by Gasteiger charge is -2.31. The van der Waals surface area contributed by atoms with Gasteiger partial charge in [0.05, 0.1) is 27.6 Å². The van der Waals surface area contributed by atoms with Crippen molar-refractivity contribution in [1.82, 2.24) is 19.6 Å². The van der Waals surface area contributed by atoms with Crippen LogP contribution in [0.1, 0.15) is 31.5 Å². The molecule has 29 heavy (non-hydrogen) atoms. The highest BCUT2D eigenvalue weighted by atomic mass is 32.2. The van der Waals surface area contributed by atoms with Crippen LogP contribution in [0.4, 0.5) is 5.69 Å². The van der Waals surface area contributed by atoms with Gasteiger partial charge in [0.2, 0.25) is 0 Å². The average Bonchev–Trinajstić information content (AvgIpc) is 2.73. The third kappa shape index (κ3) is 5.39. The number of nitrogens with one attached hydrogen (secondary N) is 3. The lowest BCUT2D eigenvalue weighted by Crippen LogP contribution is -2.42. The molecular formula is C20H29N5O2S2. The van der Waals surface area contributed by atoms with Gasteiger partial charge in [0.1, 0.15) is 5.82 Å². The third-order valence-corrected chi connectivity index (χ3v) is 8.06. The molecule has 3 N–H and O–H groups in total. The largest absolute Gasteiger partial charge is 0.381 e. The van der Waals surface area contributed by atoms with E-state index < -0.39 is 11.0 Å². The van der Waals surface area contributed by atoms with Gasteiger partial charge in [-0.15, -0.1) is 0 Å². The van der Waals surface area contributed by atoms with E-state index in [1.807, 2.05) is 34.3 Å². The van der Waals surface area contributed by atoms with Gasteiger partial charge in [0.15, 0.2) is 0 Å². The third-order valence-electron chi connectivity index (χ3n) is 5.62. The Morgan fingerprint density at radius 3 is 2.93 bits per heavy atom. The van der Waals surface area contributed by atoms with Gasteiger partial charge in [-0.1, -0.05) is 0 Å². The van der Waals surface area contributed by atoms with Gasteiger partial charge < -0.3 is 15.6 Å². The van der Waals surface area contributed by atoms with Crippen LogP contribution in [0.2, 0.25) is 0 Å². The number of hydrogen-bond donors (Lipinski definition) is 3. The molecule has 0 spiro atoms. The summed E-state index contributed by atoms with van der Waals surface area (Å²) in [6, 6.07) is 5.99. The van der Waals surface area contributed by atoms with Crippen LogP contribution in [-0.4, -0.2) is 62.2 Å².